The van der Waals surface area contributed by atoms with E-state index in [2.05, 4.69) is 4.72 Å². The minimum absolute atomic E-state index is 0.117. The molecule has 0 aliphatic carbocycles. The lowest BCUT2D eigenvalue weighted by Crippen LogP contribution is -2.14. The van der Waals surface area contributed by atoms with Crippen molar-refractivity contribution in [3.63, 3.8) is 0 Å². The Labute approximate surface area is 163 Å². The van der Waals surface area contributed by atoms with Crippen LogP contribution in [0, 0.1) is 6.92 Å². The van der Waals surface area contributed by atoms with E-state index in [4.69, 9.17) is 21.1 Å². The molecule has 0 unspecified atom stereocenters. The molecule has 0 radical (unpaired) electrons. The van der Waals surface area contributed by atoms with Crippen LogP contribution in [0.3, 0.4) is 0 Å². The predicted octanol–water partition coefficient (Wildman–Crippen LogP) is 5.25. The lowest BCUT2D eigenvalue weighted by Gasteiger charge is -2.15. The number of halogens is 1. The molecule has 0 atom stereocenters. The SMILES string of the molecule is COc1ccc(S(=O)(=O)Nc2cc(Cl)ccc2Oc2ccccc2)cc1C. The second kappa shape index (κ2) is 7.90. The molecule has 5 nitrogen and oxygen atoms in total. The molecule has 0 aromatic heterocycles. The van der Waals surface area contributed by atoms with Gasteiger partial charge in [-0.15, -0.1) is 0 Å². The number of sulfonamides is 1. The third-order valence-corrected chi connectivity index (χ3v) is 5.43. The minimum Gasteiger partial charge on any atom is -0.496 e. The number of nitrogens with one attached hydrogen (secondary N) is 1. The van der Waals surface area contributed by atoms with E-state index in [9.17, 15) is 8.42 Å². The highest BCUT2D eigenvalue weighted by atomic mass is 35.5. The van der Waals surface area contributed by atoms with Gasteiger partial charge in [0.1, 0.15) is 11.5 Å². The number of benzene rings is 3. The van der Waals surface area contributed by atoms with Crippen molar-refractivity contribution < 1.29 is 17.9 Å². The molecular formula is C20H18ClNO4S. The van der Waals surface area contributed by atoms with Gasteiger partial charge in [0.25, 0.3) is 10.0 Å². The maximum Gasteiger partial charge on any atom is 0.262 e. The Kier molecular flexibility index (Phi) is 5.58. The molecule has 1 N–H and O–H groups in total. The maximum absolute atomic E-state index is 12.8. The summed E-state index contributed by atoms with van der Waals surface area (Å²) < 4.78 is 39.2. The van der Waals surface area contributed by atoms with Gasteiger partial charge in [0.15, 0.2) is 5.75 Å². The molecule has 0 spiro atoms. The van der Waals surface area contributed by atoms with Crippen LogP contribution < -0.4 is 14.2 Å². The van der Waals surface area contributed by atoms with E-state index in [0.717, 1.165) is 0 Å². The first kappa shape index (κ1) is 19.1. The second-order valence-corrected chi connectivity index (χ2v) is 7.91. The molecule has 140 valence electrons. The van der Waals surface area contributed by atoms with E-state index in [1.165, 1.54) is 19.2 Å². The highest BCUT2D eigenvalue weighted by Gasteiger charge is 2.18. The van der Waals surface area contributed by atoms with Crippen molar-refractivity contribution in [3.05, 3.63) is 77.3 Å². The van der Waals surface area contributed by atoms with Gasteiger partial charge < -0.3 is 9.47 Å². The van der Waals surface area contributed by atoms with Gasteiger partial charge in [0, 0.05) is 5.02 Å². The summed E-state index contributed by atoms with van der Waals surface area (Å²) in [4.78, 5) is 0.117. The van der Waals surface area contributed by atoms with Gasteiger partial charge >= 0.3 is 0 Å². The number of ether oxygens (including phenoxy) is 2. The van der Waals surface area contributed by atoms with Crippen molar-refractivity contribution in [3.8, 4) is 17.2 Å². The van der Waals surface area contributed by atoms with Gasteiger partial charge in [0.2, 0.25) is 0 Å². The van der Waals surface area contributed by atoms with Crippen molar-refractivity contribution in [2.45, 2.75) is 11.8 Å². The van der Waals surface area contributed by atoms with E-state index in [1.54, 1.807) is 43.3 Å². The van der Waals surface area contributed by atoms with Crippen LogP contribution in [0.2, 0.25) is 5.02 Å². The highest BCUT2D eigenvalue weighted by molar-refractivity contribution is 7.92. The van der Waals surface area contributed by atoms with E-state index in [-0.39, 0.29) is 10.6 Å². The van der Waals surface area contributed by atoms with Crippen molar-refractivity contribution >= 4 is 27.3 Å². The van der Waals surface area contributed by atoms with Crippen LogP contribution in [0.15, 0.2) is 71.6 Å². The van der Waals surface area contributed by atoms with Crippen LogP contribution in [-0.2, 0) is 10.0 Å². The summed E-state index contributed by atoms with van der Waals surface area (Å²) in [5.74, 6) is 1.55. The van der Waals surface area contributed by atoms with Crippen molar-refractivity contribution in [2.75, 3.05) is 11.8 Å². The van der Waals surface area contributed by atoms with Crippen molar-refractivity contribution in [2.24, 2.45) is 0 Å². The number of hydrogen-bond acceptors (Lipinski definition) is 4. The molecule has 27 heavy (non-hydrogen) atoms. The van der Waals surface area contributed by atoms with E-state index in [0.29, 0.717) is 27.8 Å². The zero-order chi connectivity index (χ0) is 19.4. The van der Waals surface area contributed by atoms with Crippen molar-refractivity contribution in [1.29, 1.82) is 0 Å². The Morgan fingerprint density at radius 3 is 2.30 bits per heavy atom. The summed E-state index contributed by atoms with van der Waals surface area (Å²) in [6, 6.07) is 18.5. The molecule has 0 bridgehead atoms. The second-order valence-electron chi connectivity index (χ2n) is 5.79. The van der Waals surface area contributed by atoms with Crippen LogP contribution in [0.5, 0.6) is 17.2 Å². The Bertz CT molecular complexity index is 1050. The van der Waals surface area contributed by atoms with Crippen LogP contribution in [0.1, 0.15) is 5.56 Å². The first-order valence-corrected chi connectivity index (χ1v) is 9.95. The summed E-state index contributed by atoms with van der Waals surface area (Å²) in [6.45, 7) is 1.78. The van der Waals surface area contributed by atoms with Crippen molar-refractivity contribution in [1.82, 2.24) is 0 Å². The molecule has 0 fully saturated rings. The maximum atomic E-state index is 12.8. The van der Waals surface area contributed by atoms with Gasteiger partial charge in [-0.3, -0.25) is 4.72 Å². The van der Waals surface area contributed by atoms with Gasteiger partial charge in [-0.1, -0.05) is 29.8 Å². The minimum atomic E-state index is -3.84. The van der Waals surface area contributed by atoms with E-state index < -0.39 is 10.0 Å². The highest BCUT2D eigenvalue weighted by Crippen LogP contribution is 2.34. The first-order chi connectivity index (χ1) is 12.9. The Hall–Kier alpha value is -2.70. The number of hydrogen-bond donors (Lipinski definition) is 1. The average molecular weight is 404 g/mol. The zero-order valence-electron chi connectivity index (χ0n) is 14.8. The van der Waals surface area contributed by atoms with E-state index >= 15 is 0 Å². The largest absolute Gasteiger partial charge is 0.496 e. The summed E-state index contributed by atoms with van der Waals surface area (Å²) in [5.41, 5.74) is 0.965. The molecule has 0 aliphatic heterocycles. The van der Waals surface area contributed by atoms with Crippen LogP contribution in [0.4, 0.5) is 5.69 Å². The fraction of sp³-hybridized carbons (Fsp3) is 0.100. The van der Waals surface area contributed by atoms with Gasteiger partial charge in [0.05, 0.1) is 17.7 Å². The standard InChI is InChI=1S/C20H18ClNO4S/c1-14-12-17(9-11-19(14)25-2)27(23,24)22-18-13-15(21)8-10-20(18)26-16-6-4-3-5-7-16/h3-13,22H,1-2H3. The summed E-state index contributed by atoms with van der Waals surface area (Å²) in [6.07, 6.45) is 0. The number of aryl methyl sites for hydroxylation is 1. The van der Waals surface area contributed by atoms with E-state index in [1.807, 2.05) is 18.2 Å². The Morgan fingerprint density at radius 2 is 1.63 bits per heavy atom. The fourth-order valence-corrected chi connectivity index (χ4v) is 3.83. The normalized spacial score (nSPS) is 11.1. The molecule has 0 aliphatic rings. The first-order valence-electron chi connectivity index (χ1n) is 8.09. The summed E-state index contributed by atoms with van der Waals surface area (Å²) in [5, 5.41) is 0.388. The summed E-state index contributed by atoms with van der Waals surface area (Å²) in [7, 11) is -2.30. The number of anilines is 1. The monoisotopic (exact) mass is 403 g/mol. The van der Waals surface area contributed by atoms with Crippen LogP contribution in [0.25, 0.3) is 0 Å². The molecular weight excluding hydrogens is 386 g/mol. The van der Waals surface area contributed by atoms with Gasteiger partial charge in [-0.25, -0.2) is 8.42 Å². The molecule has 3 aromatic carbocycles. The molecule has 7 heteroatoms. The van der Waals surface area contributed by atoms with Crippen LogP contribution in [-0.4, -0.2) is 15.5 Å². The predicted molar refractivity (Wildman–Crippen MR) is 107 cm³/mol. The van der Waals surface area contributed by atoms with Crippen LogP contribution >= 0.6 is 11.6 Å². The molecule has 0 heterocycles. The molecule has 0 saturated carbocycles. The molecule has 3 rings (SSSR count). The quantitative estimate of drug-likeness (QED) is 0.610. The molecule has 0 amide bonds. The summed E-state index contributed by atoms with van der Waals surface area (Å²) >= 11 is 6.05. The zero-order valence-corrected chi connectivity index (χ0v) is 16.3. The molecule has 3 aromatic rings. The average Bonchev–Trinajstić information content (AvgIpc) is 2.64. The Morgan fingerprint density at radius 1 is 0.926 bits per heavy atom. The topological polar surface area (TPSA) is 64.6 Å². The Balaban J connectivity index is 1.94. The smallest absolute Gasteiger partial charge is 0.262 e. The van der Waals surface area contributed by atoms with Gasteiger partial charge in [-0.2, -0.15) is 0 Å². The number of rotatable bonds is 6. The third-order valence-electron chi connectivity index (χ3n) is 3.83. The number of para-hydroxylation sites is 1. The lowest BCUT2D eigenvalue weighted by atomic mass is 10.2. The fourth-order valence-electron chi connectivity index (χ4n) is 2.51. The number of methoxy groups -OCH3 is 1. The van der Waals surface area contributed by atoms with Gasteiger partial charge in [-0.05, 0) is 61.0 Å². The lowest BCUT2D eigenvalue weighted by molar-refractivity contribution is 0.411. The third kappa shape index (κ3) is 4.53. The molecule has 0 saturated heterocycles.